The smallest absolute Gasteiger partial charge is 0.190 e. The number of nitrogens with zero attached hydrogens (tertiary/aromatic N) is 2. The lowest BCUT2D eigenvalue weighted by Crippen LogP contribution is -2.38. The van der Waals surface area contributed by atoms with E-state index in [2.05, 4.69) is 58.9 Å². The maximum atomic E-state index is 5.21. The second-order valence-electron chi connectivity index (χ2n) is 7.33. The molecule has 0 saturated heterocycles. The highest BCUT2D eigenvalue weighted by Gasteiger charge is 2.08. The summed E-state index contributed by atoms with van der Waals surface area (Å²) in [6, 6.07) is 8.98. The normalized spacial score (nSPS) is 11.4. The number of hydrogen-bond acceptors (Lipinski definition) is 3. The summed E-state index contributed by atoms with van der Waals surface area (Å²) in [5, 5.41) is 10.8. The first-order valence-corrected chi connectivity index (χ1v) is 9.96. The number of benzene rings is 1. The summed E-state index contributed by atoms with van der Waals surface area (Å²) in [4.78, 5) is 4.30. The zero-order chi connectivity index (χ0) is 19.6. The number of aliphatic imine (C=N–C) groups is 1. The summed E-state index contributed by atoms with van der Waals surface area (Å²) in [7, 11) is 1.81. The molecule has 0 bridgehead atoms. The zero-order valence-electron chi connectivity index (χ0n) is 17.8. The SMILES string of the molecule is CN=C(NCCCc1ccc(C(C)C)cc1)NCCCc1c(C)noc1C.I. The molecule has 0 atom stereocenters. The van der Waals surface area contributed by atoms with E-state index < -0.39 is 0 Å². The third kappa shape index (κ3) is 7.81. The third-order valence-corrected chi connectivity index (χ3v) is 4.88. The Kier molecular flexibility index (Phi) is 11.2. The zero-order valence-corrected chi connectivity index (χ0v) is 20.2. The van der Waals surface area contributed by atoms with Crippen LogP contribution in [0.4, 0.5) is 0 Å². The lowest BCUT2D eigenvalue weighted by atomic mass is 10.0. The van der Waals surface area contributed by atoms with Gasteiger partial charge >= 0.3 is 0 Å². The maximum Gasteiger partial charge on any atom is 0.190 e. The molecule has 2 rings (SSSR count). The number of aromatic nitrogens is 1. The molecule has 0 unspecified atom stereocenters. The molecule has 0 fully saturated rings. The molecule has 28 heavy (non-hydrogen) atoms. The van der Waals surface area contributed by atoms with E-state index in [0.717, 1.165) is 56.2 Å². The van der Waals surface area contributed by atoms with Gasteiger partial charge in [0.2, 0.25) is 0 Å². The van der Waals surface area contributed by atoms with Crippen molar-refractivity contribution in [2.75, 3.05) is 20.1 Å². The van der Waals surface area contributed by atoms with Crippen LogP contribution in [0.15, 0.2) is 33.8 Å². The van der Waals surface area contributed by atoms with Crippen molar-refractivity contribution >= 4 is 29.9 Å². The van der Waals surface area contributed by atoms with Crippen molar-refractivity contribution in [3.63, 3.8) is 0 Å². The lowest BCUT2D eigenvalue weighted by Gasteiger charge is -2.12. The average molecular weight is 498 g/mol. The highest BCUT2D eigenvalue weighted by Crippen LogP contribution is 2.15. The van der Waals surface area contributed by atoms with Crippen LogP contribution in [0, 0.1) is 13.8 Å². The molecule has 2 N–H and O–H groups in total. The number of nitrogens with one attached hydrogen (secondary N) is 2. The fourth-order valence-corrected chi connectivity index (χ4v) is 3.12. The second-order valence-corrected chi connectivity index (χ2v) is 7.33. The predicted octanol–water partition coefficient (Wildman–Crippen LogP) is 4.76. The molecule has 0 saturated carbocycles. The minimum Gasteiger partial charge on any atom is -0.361 e. The topological polar surface area (TPSA) is 62.5 Å². The Morgan fingerprint density at radius 2 is 1.64 bits per heavy atom. The molecule has 1 aromatic heterocycles. The Balaban J connectivity index is 0.00000392. The van der Waals surface area contributed by atoms with Gasteiger partial charge in [-0.15, -0.1) is 24.0 Å². The maximum absolute atomic E-state index is 5.21. The first-order valence-electron chi connectivity index (χ1n) is 9.96. The van der Waals surface area contributed by atoms with Crippen molar-refractivity contribution in [3.8, 4) is 0 Å². The third-order valence-electron chi connectivity index (χ3n) is 4.88. The highest BCUT2D eigenvalue weighted by atomic mass is 127. The fraction of sp³-hybridized carbons (Fsp3) is 0.545. The molecule has 0 aliphatic carbocycles. The lowest BCUT2D eigenvalue weighted by molar-refractivity contribution is 0.392. The summed E-state index contributed by atoms with van der Waals surface area (Å²) in [5.74, 6) is 2.38. The van der Waals surface area contributed by atoms with Crippen molar-refractivity contribution in [2.45, 2.75) is 59.3 Å². The van der Waals surface area contributed by atoms with E-state index in [9.17, 15) is 0 Å². The van der Waals surface area contributed by atoms with Gasteiger partial charge in [-0.25, -0.2) is 0 Å². The molecule has 5 nitrogen and oxygen atoms in total. The molecule has 0 radical (unpaired) electrons. The molecule has 156 valence electrons. The Hall–Kier alpha value is -1.57. The van der Waals surface area contributed by atoms with E-state index in [-0.39, 0.29) is 24.0 Å². The Morgan fingerprint density at radius 3 is 2.14 bits per heavy atom. The second kappa shape index (κ2) is 12.8. The van der Waals surface area contributed by atoms with Gasteiger partial charge in [-0.1, -0.05) is 43.3 Å². The molecule has 0 aliphatic rings. The predicted molar refractivity (Wildman–Crippen MR) is 128 cm³/mol. The van der Waals surface area contributed by atoms with Crippen LogP contribution in [-0.2, 0) is 12.8 Å². The van der Waals surface area contributed by atoms with Crippen LogP contribution in [0.5, 0.6) is 0 Å². The Bertz CT molecular complexity index is 703. The molecule has 0 spiro atoms. The van der Waals surface area contributed by atoms with Gasteiger partial charge in [0.1, 0.15) is 5.76 Å². The number of rotatable bonds is 9. The van der Waals surface area contributed by atoms with E-state index >= 15 is 0 Å². The average Bonchev–Trinajstić information content (AvgIpc) is 2.98. The van der Waals surface area contributed by atoms with E-state index in [0.29, 0.717) is 5.92 Å². The molecule has 6 heteroatoms. The van der Waals surface area contributed by atoms with Gasteiger partial charge < -0.3 is 15.2 Å². The number of guanidine groups is 1. The summed E-state index contributed by atoms with van der Waals surface area (Å²) < 4.78 is 5.21. The van der Waals surface area contributed by atoms with Crippen LogP contribution >= 0.6 is 24.0 Å². The standard InChI is InChI=1S/C22H34N4O.HI/c1-16(2)20-12-10-19(11-13-20)8-6-14-24-22(23-5)25-15-7-9-21-17(3)26-27-18(21)4;/h10-13,16H,6-9,14-15H2,1-5H3,(H2,23,24,25);1H. The van der Waals surface area contributed by atoms with Crippen LogP contribution in [0.1, 0.15) is 60.8 Å². The minimum atomic E-state index is 0. The number of halogens is 1. The van der Waals surface area contributed by atoms with Crippen molar-refractivity contribution in [2.24, 2.45) is 4.99 Å². The highest BCUT2D eigenvalue weighted by molar-refractivity contribution is 14.0. The molecule has 0 amide bonds. The minimum absolute atomic E-state index is 0. The van der Waals surface area contributed by atoms with Crippen molar-refractivity contribution in [1.82, 2.24) is 15.8 Å². The quantitative estimate of drug-likeness (QED) is 0.227. The first kappa shape index (κ1) is 24.5. The summed E-state index contributed by atoms with van der Waals surface area (Å²) in [6.07, 6.45) is 4.15. The Morgan fingerprint density at radius 1 is 1.04 bits per heavy atom. The van der Waals surface area contributed by atoms with Gasteiger partial charge in [-0.2, -0.15) is 0 Å². The van der Waals surface area contributed by atoms with Gasteiger partial charge in [0.05, 0.1) is 5.69 Å². The molecule has 2 aromatic rings. The van der Waals surface area contributed by atoms with Gasteiger partial charge in [0.15, 0.2) is 5.96 Å². The largest absolute Gasteiger partial charge is 0.361 e. The monoisotopic (exact) mass is 498 g/mol. The number of hydrogen-bond donors (Lipinski definition) is 2. The molecule has 1 heterocycles. The Labute approximate surface area is 186 Å². The molecule has 1 aromatic carbocycles. The van der Waals surface area contributed by atoms with E-state index in [1.54, 1.807) is 0 Å². The van der Waals surface area contributed by atoms with E-state index in [4.69, 9.17) is 4.52 Å². The van der Waals surface area contributed by atoms with Crippen molar-refractivity contribution in [3.05, 3.63) is 52.4 Å². The van der Waals surface area contributed by atoms with Crippen molar-refractivity contribution < 1.29 is 4.52 Å². The summed E-state index contributed by atoms with van der Waals surface area (Å²) in [6.45, 7) is 10.2. The number of aryl methyl sites for hydroxylation is 3. The molecular weight excluding hydrogens is 463 g/mol. The first-order chi connectivity index (χ1) is 13.0. The van der Waals surface area contributed by atoms with Crippen molar-refractivity contribution in [1.29, 1.82) is 0 Å². The van der Waals surface area contributed by atoms with Crippen LogP contribution in [-0.4, -0.2) is 31.3 Å². The van der Waals surface area contributed by atoms with Crippen LogP contribution in [0.2, 0.25) is 0 Å². The van der Waals surface area contributed by atoms with E-state index in [1.807, 2.05) is 20.9 Å². The van der Waals surface area contributed by atoms with Crippen LogP contribution < -0.4 is 10.6 Å². The van der Waals surface area contributed by atoms with Gasteiger partial charge in [-0.05, 0) is 56.6 Å². The van der Waals surface area contributed by atoms with Gasteiger partial charge in [0.25, 0.3) is 0 Å². The van der Waals surface area contributed by atoms with E-state index in [1.165, 1.54) is 16.7 Å². The summed E-state index contributed by atoms with van der Waals surface area (Å²) >= 11 is 0. The van der Waals surface area contributed by atoms with Gasteiger partial charge in [-0.3, -0.25) is 4.99 Å². The summed E-state index contributed by atoms with van der Waals surface area (Å²) in [5.41, 5.74) is 5.02. The van der Waals surface area contributed by atoms with Crippen LogP contribution in [0.3, 0.4) is 0 Å². The fourth-order valence-electron chi connectivity index (χ4n) is 3.12. The molecule has 0 aliphatic heterocycles. The molecular formula is C22H35IN4O. The van der Waals surface area contributed by atoms with Crippen LogP contribution in [0.25, 0.3) is 0 Å². The van der Waals surface area contributed by atoms with Gasteiger partial charge in [0, 0.05) is 25.7 Å².